The molecule has 112 valence electrons. The molecule has 2 nitrogen and oxygen atoms in total. The van der Waals surface area contributed by atoms with E-state index in [4.69, 9.17) is 0 Å². The van der Waals surface area contributed by atoms with Gasteiger partial charge in [-0.15, -0.1) is 0 Å². The molecule has 2 atom stereocenters. The van der Waals surface area contributed by atoms with Crippen LogP contribution in [0.3, 0.4) is 0 Å². The molecule has 0 saturated carbocycles. The molecule has 1 fully saturated rings. The minimum absolute atomic E-state index is 0.402. The van der Waals surface area contributed by atoms with Gasteiger partial charge in [-0.3, -0.25) is 4.90 Å². The smallest absolute Gasteiger partial charge is 0.0492 e. The summed E-state index contributed by atoms with van der Waals surface area (Å²) in [6.07, 6.45) is 0. The van der Waals surface area contributed by atoms with Crippen molar-refractivity contribution in [3.05, 3.63) is 48.0 Å². The minimum atomic E-state index is 0.402. The quantitative estimate of drug-likeness (QED) is 0.930. The van der Waals surface area contributed by atoms with E-state index in [2.05, 4.69) is 78.4 Å². The van der Waals surface area contributed by atoms with E-state index in [-0.39, 0.29) is 0 Å². The molecule has 2 unspecified atom stereocenters. The summed E-state index contributed by atoms with van der Waals surface area (Å²) in [6.45, 7) is 4.39. The molecule has 1 aliphatic rings. The fraction of sp³-hybridized carbons (Fsp3) is 0.444. The van der Waals surface area contributed by atoms with Crippen LogP contribution in [0.2, 0.25) is 0 Å². The summed E-state index contributed by atoms with van der Waals surface area (Å²) >= 11 is 2.08. The lowest BCUT2D eigenvalue weighted by Crippen LogP contribution is -2.47. The van der Waals surface area contributed by atoms with Crippen molar-refractivity contribution in [1.82, 2.24) is 10.2 Å². The first kappa shape index (κ1) is 14.9. The van der Waals surface area contributed by atoms with E-state index in [1.807, 2.05) is 0 Å². The van der Waals surface area contributed by atoms with Gasteiger partial charge in [0, 0.05) is 30.1 Å². The third-order valence-electron chi connectivity index (χ3n) is 4.41. The number of benzene rings is 2. The van der Waals surface area contributed by atoms with Crippen molar-refractivity contribution in [2.24, 2.45) is 0 Å². The van der Waals surface area contributed by atoms with Crippen LogP contribution in [0.5, 0.6) is 0 Å². The highest BCUT2D eigenvalue weighted by Crippen LogP contribution is 2.31. The molecule has 1 N–H and O–H groups in total. The number of hydrogen-bond acceptors (Lipinski definition) is 3. The van der Waals surface area contributed by atoms with Crippen LogP contribution in [-0.2, 0) is 0 Å². The van der Waals surface area contributed by atoms with E-state index in [0.29, 0.717) is 12.1 Å². The normalized spacial score (nSPS) is 21.5. The number of nitrogens with zero attached hydrogens (tertiary/aromatic N) is 1. The van der Waals surface area contributed by atoms with Gasteiger partial charge in [0.05, 0.1) is 0 Å². The van der Waals surface area contributed by atoms with Gasteiger partial charge in [0.1, 0.15) is 0 Å². The van der Waals surface area contributed by atoms with Crippen molar-refractivity contribution in [3.8, 4) is 0 Å². The molecule has 0 amide bonds. The van der Waals surface area contributed by atoms with Crippen molar-refractivity contribution < 1.29 is 0 Å². The molecule has 1 saturated heterocycles. The Kier molecular flexibility index (Phi) is 4.84. The zero-order chi connectivity index (χ0) is 14.7. The molecule has 0 bridgehead atoms. The third kappa shape index (κ3) is 3.10. The lowest BCUT2D eigenvalue weighted by Gasteiger charge is -2.38. The monoisotopic (exact) mass is 300 g/mol. The lowest BCUT2D eigenvalue weighted by atomic mass is 9.93. The minimum Gasteiger partial charge on any atom is -0.309 e. The fourth-order valence-corrected chi connectivity index (χ4v) is 4.52. The molecular formula is C18H24N2S. The molecule has 1 heterocycles. The predicted octanol–water partition coefficient (Wildman–Crippen LogP) is 3.54. The van der Waals surface area contributed by atoms with Crippen molar-refractivity contribution >= 4 is 22.5 Å². The molecule has 3 heteroatoms. The topological polar surface area (TPSA) is 15.3 Å². The van der Waals surface area contributed by atoms with Gasteiger partial charge in [-0.25, -0.2) is 0 Å². The van der Waals surface area contributed by atoms with Crippen molar-refractivity contribution in [3.63, 3.8) is 0 Å². The molecule has 0 aromatic heterocycles. The third-order valence-corrected chi connectivity index (χ3v) is 5.46. The number of rotatable bonds is 4. The Hall–Kier alpha value is -1.03. The average molecular weight is 300 g/mol. The molecule has 0 aliphatic carbocycles. The highest BCUT2D eigenvalue weighted by atomic mass is 32.2. The van der Waals surface area contributed by atoms with E-state index in [9.17, 15) is 0 Å². The molecule has 21 heavy (non-hydrogen) atoms. The van der Waals surface area contributed by atoms with Crippen molar-refractivity contribution in [2.45, 2.75) is 19.0 Å². The fourth-order valence-electron chi connectivity index (χ4n) is 3.25. The van der Waals surface area contributed by atoms with Crippen LogP contribution in [0.25, 0.3) is 10.8 Å². The Morgan fingerprint density at radius 1 is 1.24 bits per heavy atom. The Labute approximate surface area is 131 Å². The van der Waals surface area contributed by atoms with E-state index in [1.54, 1.807) is 0 Å². The van der Waals surface area contributed by atoms with Crippen LogP contribution in [0.4, 0.5) is 0 Å². The van der Waals surface area contributed by atoms with Crippen LogP contribution < -0.4 is 5.32 Å². The van der Waals surface area contributed by atoms with Crippen molar-refractivity contribution in [2.75, 3.05) is 31.6 Å². The van der Waals surface area contributed by atoms with Gasteiger partial charge < -0.3 is 5.32 Å². The SMILES string of the molecule is CCNC(c1cccc2ccccc12)C1CSCCN1C. The number of hydrogen-bond donors (Lipinski definition) is 1. The Balaban J connectivity index is 2.02. The molecule has 0 spiro atoms. The Morgan fingerprint density at radius 3 is 2.86 bits per heavy atom. The number of likely N-dealkylation sites (N-methyl/N-ethyl adjacent to an activating group) is 2. The van der Waals surface area contributed by atoms with Gasteiger partial charge in [-0.2, -0.15) is 11.8 Å². The van der Waals surface area contributed by atoms with Crippen LogP contribution in [0.1, 0.15) is 18.5 Å². The van der Waals surface area contributed by atoms with E-state index >= 15 is 0 Å². The van der Waals surface area contributed by atoms with E-state index < -0.39 is 0 Å². The zero-order valence-electron chi connectivity index (χ0n) is 12.9. The van der Waals surface area contributed by atoms with E-state index in [1.165, 1.54) is 34.4 Å². The number of nitrogens with one attached hydrogen (secondary N) is 1. The Morgan fingerprint density at radius 2 is 2.05 bits per heavy atom. The van der Waals surface area contributed by atoms with Gasteiger partial charge in [0.25, 0.3) is 0 Å². The highest BCUT2D eigenvalue weighted by Gasteiger charge is 2.29. The maximum atomic E-state index is 3.74. The molecule has 1 aliphatic heterocycles. The van der Waals surface area contributed by atoms with Crippen molar-refractivity contribution in [1.29, 1.82) is 0 Å². The highest BCUT2D eigenvalue weighted by molar-refractivity contribution is 7.99. The summed E-state index contributed by atoms with van der Waals surface area (Å²) in [5.74, 6) is 2.46. The second kappa shape index (κ2) is 6.82. The number of fused-ring (bicyclic) bond motifs is 1. The largest absolute Gasteiger partial charge is 0.309 e. The second-order valence-corrected chi connectivity index (χ2v) is 6.88. The summed E-state index contributed by atoms with van der Waals surface area (Å²) in [6, 6.07) is 16.4. The van der Waals surface area contributed by atoms with Crippen LogP contribution in [0.15, 0.2) is 42.5 Å². The second-order valence-electron chi connectivity index (χ2n) is 5.73. The summed E-state index contributed by atoms with van der Waals surface area (Å²) in [7, 11) is 2.26. The van der Waals surface area contributed by atoms with Crippen LogP contribution in [0, 0.1) is 0 Å². The first-order chi connectivity index (χ1) is 10.3. The summed E-state index contributed by atoms with van der Waals surface area (Å²) in [5.41, 5.74) is 1.44. The van der Waals surface area contributed by atoms with Gasteiger partial charge in [-0.1, -0.05) is 49.4 Å². The lowest BCUT2D eigenvalue weighted by molar-refractivity contribution is 0.218. The summed E-state index contributed by atoms with van der Waals surface area (Å²) in [4.78, 5) is 2.52. The summed E-state index contributed by atoms with van der Waals surface area (Å²) < 4.78 is 0. The predicted molar refractivity (Wildman–Crippen MR) is 94.1 cm³/mol. The first-order valence-corrected chi connectivity index (χ1v) is 8.95. The van der Waals surface area contributed by atoms with Gasteiger partial charge in [0.2, 0.25) is 0 Å². The molecule has 2 aromatic carbocycles. The molecule has 0 radical (unpaired) electrons. The van der Waals surface area contributed by atoms with Gasteiger partial charge >= 0.3 is 0 Å². The van der Waals surface area contributed by atoms with Gasteiger partial charge in [-0.05, 0) is 29.9 Å². The zero-order valence-corrected chi connectivity index (χ0v) is 13.7. The van der Waals surface area contributed by atoms with Gasteiger partial charge in [0.15, 0.2) is 0 Å². The summed E-state index contributed by atoms with van der Waals surface area (Å²) in [5, 5.41) is 6.46. The first-order valence-electron chi connectivity index (χ1n) is 7.80. The standard InChI is InChI=1S/C18H24N2S/c1-3-19-18(17-13-21-12-11-20(17)2)16-10-6-8-14-7-4-5-9-15(14)16/h4-10,17-19H,3,11-13H2,1-2H3. The molecular weight excluding hydrogens is 276 g/mol. The Bertz CT molecular complexity index is 593. The number of thioether (sulfide) groups is 1. The average Bonchev–Trinajstić information content (AvgIpc) is 2.53. The van der Waals surface area contributed by atoms with Crippen LogP contribution >= 0.6 is 11.8 Å². The van der Waals surface area contributed by atoms with Crippen LogP contribution in [-0.4, -0.2) is 42.6 Å². The van der Waals surface area contributed by atoms with E-state index in [0.717, 1.165) is 6.54 Å². The molecule has 2 aromatic rings. The molecule has 3 rings (SSSR count). The maximum Gasteiger partial charge on any atom is 0.0492 e. The maximum absolute atomic E-state index is 3.74.